The maximum absolute atomic E-state index is 5.98. The number of hydrogen-bond acceptors (Lipinski definition) is 6. The van der Waals surface area contributed by atoms with Crippen LogP contribution in [-0.4, -0.2) is 59.1 Å². The van der Waals surface area contributed by atoms with Crippen LogP contribution >= 0.6 is 11.3 Å². The molecule has 0 atom stereocenters. The van der Waals surface area contributed by atoms with Crippen LogP contribution in [0.25, 0.3) is 0 Å². The standard InChI is InChI=1S/C17H25N5OS/c1-20-11-15(10-19-20)12-21-5-2-17(3-6-21)13-22(7-8-23-14-17)16-18-4-9-24-16/h4,9-11H,2-3,5-8,12-14H2,1H3. The molecular formula is C17H25N5OS. The molecule has 0 aliphatic carbocycles. The SMILES string of the molecule is Cn1cc(CN2CCC3(CC2)COCCN(c2nccs2)C3)cn1. The van der Waals surface area contributed by atoms with Crippen molar-refractivity contribution in [1.82, 2.24) is 19.7 Å². The minimum atomic E-state index is 0.271. The summed E-state index contributed by atoms with van der Waals surface area (Å²) in [5.41, 5.74) is 1.57. The molecule has 130 valence electrons. The van der Waals surface area contributed by atoms with E-state index < -0.39 is 0 Å². The average Bonchev–Trinajstić information content (AvgIpc) is 3.21. The van der Waals surface area contributed by atoms with Gasteiger partial charge in [-0.1, -0.05) is 0 Å². The van der Waals surface area contributed by atoms with E-state index in [1.165, 1.54) is 18.4 Å². The van der Waals surface area contributed by atoms with Gasteiger partial charge in [0, 0.05) is 55.4 Å². The fourth-order valence-corrected chi connectivity index (χ4v) is 4.50. The van der Waals surface area contributed by atoms with E-state index in [0.717, 1.165) is 51.1 Å². The molecular weight excluding hydrogens is 322 g/mol. The van der Waals surface area contributed by atoms with Gasteiger partial charge in [-0.15, -0.1) is 11.3 Å². The maximum Gasteiger partial charge on any atom is 0.185 e. The second-order valence-electron chi connectivity index (χ2n) is 7.09. The topological polar surface area (TPSA) is 46.4 Å². The summed E-state index contributed by atoms with van der Waals surface area (Å²) >= 11 is 1.73. The van der Waals surface area contributed by atoms with E-state index in [0.29, 0.717) is 0 Å². The van der Waals surface area contributed by atoms with Crippen LogP contribution in [0.1, 0.15) is 18.4 Å². The number of piperidine rings is 1. The normalized spacial score (nSPS) is 22.0. The van der Waals surface area contributed by atoms with Gasteiger partial charge >= 0.3 is 0 Å². The largest absolute Gasteiger partial charge is 0.379 e. The van der Waals surface area contributed by atoms with Crippen molar-refractivity contribution in [3.8, 4) is 0 Å². The van der Waals surface area contributed by atoms with Crippen LogP contribution in [0.4, 0.5) is 5.13 Å². The van der Waals surface area contributed by atoms with Crippen molar-refractivity contribution in [3.05, 3.63) is 29.5 Å². The number of aryl methyl sites for hydroxylation is 1. The zero-order valence-corrected chi connectivity index (χ0v) is 15.0. The highest BCUT2D eigenvalue weighted by molar-refractivity contribution is 7.13. The molecule has 24 heavy (non-hydrogen) atoms. The lowest BCUT2D eigenvalue weighted by Gasteiger charge is -2.42. The van der Waals surface area contributed by atoms with Crippen molar-refractivity contribution in [1.29, 1.82) is 0 Å². The number of hydrogen-bond donors (Lipinski definition) is 0. The van der Waals surface area contributed by atoms with Gasteiger partial charge in [0.25, 0.3) is 0 Å². The first-order chi connectivity index (χ1) is 11.7. The Hall–Kier alpha value is -1.44. The molecule has 0 aromatic carbocycles. The minimum Gasteiger partial charge on any atom is -0.379 e. The highest BCUT2D eigenvalue weighted by atomic mass is 32.1. The highest BCUT2D eigenvalue weighted by Crippen LogP contribution is 2.36. The molecule has 2 fully saturated rings. The van der Waals surface area contributed by atoms with E-state index in [1.807, 2.05) is 24.1 Å². The molecule has 7 heteroatoms. The van der Waals surface area contributed by atoms with Crippen molar-refractivity contribution in [2.24, 2.45) is 12.5 Å². The van der Waals surface area contributed by atoms with E-state index in [9.17, 15) is 0 Å². The number of likely N-dealkylation sites (tertiary alicyclic amines) is 1. The number of anilines is 1. The third-order valence-corrected chi connectivity index (χ3v) is 6.04. The number of thiazole rings is 1. The Balaban J connectivity index is 1.39. The van der Waals surface area contributed by atoms with Gasteiger partial charge in [-0.05, 0) is 25.9 Å². The lowest BCUT2D eigenvalue weighted by atomic mass is 9.78. The summed E-state index contributed by atoms with van der Waals surface area (Å²) in [4.78, 5) is 9.47. The van der Waals surface area contributed by atoms with Crippen LogP contribution in [-0.2, 0) is 18.3 Å². The van der Waals surface area contributed by atoms with Crippen molar-refractivity contribution >= 4 is 16.5 Å². The monoisotopic (exact) mass is 347 g/mol. The minimum absolute atomic E-state index is 0.271. The molecule has 2 aliphatic rings. The van der Waals surface area contributed by atoms with Crippen molar-refractivity contribution in [2.45, 2.75) is 19.4 Å². The fraction of sp³-hybridized carbons (Fsp3) is 0.647. The lowest BCUT2D eigenvalue weighted by molar-refractivity contribution is 0.0201. The summed E-state index contributed by atoms with van der Waals surface area (Å²) in [6.07, 6.45) is 8.37. The molecule has 4 rings (SSSR count). The quantitative estimate of drug-likeness (QED) is 0.850. The number of nitrogens with zero attached hydrogens (tertiary/aromatic N) is 5. The Labute approximate surface area is 147 Å². The predicted molar refractivity (Wildman–Crippen MR) is 95.3 cm³/mol. The van der Waals surface area contributed by atoms with Gasteiger partial charge in [0.05, 0.1) is 19.4 Å². The van der Waals surface area contributed by atoms with E-state index >= 15 is 0 Å². The number of aromatic nitrogens is 3. The second-order valence-corrected chi connectivity index (χ2v) is 7.96. The summed E-state index contributed by atoms with van der Waals surface area (Å²) in [5, 5.41) is 7.47. The van der Waals surface area contributed by atoms with Gasteiger partial charge < -0.3 is 9.64 Å². The number of rotatable bonds is 3. The summed E-state index contributed by atoms with van der Waals surface area (Å²) in [5.74, 6) is 0. The number of ether oxygens (including phenoxy) is 1. The zero-order valence-electron chi connectivity index (χ0n) is 14.2. The van der Waals surface area contributed by atoms with Gasteiger partial charge in [0.15, 0.2) is 5.13 Å². The molecule has 0 amide bonds. The molecule has 0 unspecified atom stereocenters. The first-order valence-electron chi connectivity index (χ1n) is 8.65. The van der Waals surface area contributed by atoms with Crippen molar-refractivity contribution in [2.75, 3.05) is 44.3 Å². The summed E-state index contributed by atoms with van der Waals surface area (Å²) in [7, 11) is 1.98. The van der Waals surface area contributed by atoms with Crippen molar-refractivity contribution < 1.29 is 4.74 Å². The van der Waals surface area contributed by atoms with Crippen LogP contribution in [0.15, 0.2) is 24.0 Å². The third kappa shape index (κ3) is 3.48. The second kappa shape index (κ2) is 6.82. The van der Waals surface area contributed by atoms with E-state index in [4.69, 9.17) is 4.74 Å². The summed E-state index contributed by atoms with van der Waals surface area (Å²) < 4.78 is 7.86. The van der Waals surface area contributed by atoms with Gasteiger partial charge in [0.2, 0.25) is 0 Å². The summed E-state index contributed by atoms with van der Waals surface area (Å²) in [6, 6.07) is 0. The maximum atomic E-state index is 5.98. The van der Waals surface area contributed by atoms with E-state index in [-0.39, 0.29) is 5.41 Å². The highest BCUT2D eigenvalue weighted by Gasteiger charge is 2.38. The third-order valence-electron chi connectivity index (χ3n) is 5.21. The Morgan fingerprint density at radius 1 is 1.29 bits per heavy atom. The van der Waals surface area contributed by atoms with E-state index in [2.05, 4.69) is 31.5 Å². The first-order valence-corrected chi connectivity index (χ1v) is 9.53. The average molecular weight is 347 g/mol. The Kier molecular flexibility index (Phi) is 4.56. The van der Waals surface area contributed by atoms with Gasteiger partial charge in [-0.25, -0.2) is 4.98 Å². The summed E-state index contributed by atoms with van der Waals surface area (Å²) in [6.45, 7) is 6.97. The first kappa shape index (κ1) is 16.1. The van der Waals surface area contributed by atoms with Gasteiger partial charge in [0.1, 0.15) is 0 Å². The molecule has 2 saturated heterocycles. The van der Waals surface area contributed by atoms with Gasteiger partial charge in [-0.3, -0.25) is 9.58 Å². The lowest BCUT2D eigenvalue weighted by Crippen LogP contribution is -2.47. The molecule has 0 radical (unpaired) electrons. The predicted octanol–water partition coefficient (Wildman–Crippen LogP) is 2.00. The van der Waals surface area contributed by atoms with Crippen LogP contribution in [0.3, 0.4) is 0 Å². The molecule has 6 nitrogen and oxygen atoms in total. The Morgan fingerprint density at radius 3 is 2.88 bits per heavy atom. The zero-order chi connectivity index (χ0) is 16.4. The van der Waals surface area contributed by atoms with E-state index in [1.54, 1.807) is 11.3 Å². The molecule has 0 N–H and O–H groups in total. The molecule has 2 aromatic rings. The molecule has 0 bridgehead atoms. The molecule has 4 heterocycles. The fourth-order valence-electron chi connectivity index (χ4n) is 3.83. The molecule has 1 spiro atoms. The van der Waals surface area contributed by atoms with Crippen LogP contribution < -0.4 is 4.90 Å². The molecule has 2 aliphatic heterocycles. The molecule has 0 saturated carbocycles. The van der Waals surface area contributed by atoms with Crippen LogP contribution in [0.2, 0.25) is 0 Å². The van der Waals surface area contributed by atoms with Crippen LogP contribution in [0.5, 0.6) is 0 Å². The smallest absolute Gasteiger partial charge is 0.185 e. The Morgan fingerprint density at radius 2 is 2.17 bits per heavy atom. The Bertz CT molecular complexity index is 648. The molecule has 2 aromatic heterocycles. The van der Waals surface area contributed by atoms with Crippen molar-refractivity contribution in [3.63, 3.8) is 0 Å². The van der Waals surface area contributed by atoms with Gasteiger partial charge in [-0.2, -0.15) is 5.10 Å². The van der Waals surface area contributed by atoms with Crippen LogP contribution in [0, 0.1) is 5.41 Å².